The maximum atomic E-state index is 13.6. The number of carbonyl (C=O) groups excluding carboxylic acids is 3. The molecule has 0 heterocycles. The van der Waals surface area contributed by atoms with Crippen molar-refractivity contribution >= 4 is 36.9 Å². The summed E-state index contributed by atoms with van der Waals surface area (Å²) >= 11 is 0. The van der Waals surface area contributed by atoms with Crippen molar-refractivity contribution in [1.29, 1.82) is 0 Å². The van der Waals surface area contributed by atoms with Crippen molar-refractivity contribution < 1.29 is 33.0 Å². The number of ether oxygens (including phenoxy) is 3. The number of carbonyl (C=O) groups is 3. The first-order valence-electron chi connectivity index (χ1n) is 15.8. The van der Waals surface area contributed by atoms with Crippen molar-refractivity contribution in [2.75, 3.05) is 14.2 Å². The van der Waals surface area contributed by atoms with Crippen LogP contribution in [0.4, 0.5) is 0 Å². The molecule has 10 heteroatoms. The monoisotopic (exact) mass is 644 g/mol. The van der Waals surface area contributed by atoms with Gasteiger partial charge in [-0.3, -0.25) is 14.4 Å². The van der Waals surface area contributed by atoms with E-state index in [4.69, 9.17) is 18.6 Å². The maximum absolute atomic E-state index is 13.6. The van der Waals surface area contributed by atoms with Gasteiger partial charge in [0.2, 0.25) is 5.91 Å². The van der Waals surface area contributed by atoms with Crippen LogP contribution >= 0.6 is 0 Å². The number of amides is 2. The highest BCUT2D eigenvalue weighted by atomic mass is 28.4. The van der Waals surface area contributed by atoms with E-state index in [1.165, 1.54) is 14.2 Å². The van der Waals surface area contributed by atoms with E-state index in [2.05, 4.69) is 44.5 Å². The lowest BCUT2D eigenvalue weighted by Gasteiger charge is -2.42. The van der Waals surface area contributed by atoms with Gasteiger partial charge in [0.15, 0.2) is 14.6 Å². The van der Waals surface area contributed by atoms with Gasteiger partial charge in [0.05, 0.1) is 24.6 Å². The quantitative estimate of drug-likeness (QED) is 0.128. The fourth-order valence-corrected chi connectivity index (χ4v) is 6.25. The van der Waals surface area contributed by atoms with Gasteiger partial charge in [0.1, 0.15) is 5.60 Å². The van der Waals surface area contributed by atoms with Crippen molar-refractivity contribution in [3.05, 3.63) is 48.0 Å². The molecule has 0 aliphatic rings. The second kappa shape index (κ2) is 16.2. The van der Waals surface area contributed by atoms with Gasteiger partial charge in [0.25, 0.3) is 5.91 Å². The molecule has 0 bridgehead atoms. The van der Waals surface area contributed by atoms with E-state index in [1.807, 2.05) is 56.3 Å². The van der Waals surface area contributed by atoms with Crippen molar-refractivity contribution in [3.63, 3.8) is 0 Å². The topological polar surface area (TPSA) is 112 Å². The number of rotatable bonds is 15. The first-order chi connectivity index (χ1) is 20.8. The third-order valence-electron chi connectivity index (χ3n) is 8.28. The minimum atomic E-state index is -2.31. The lowest BCUT2D eigenvalue weighted by Crippen LogP contribution is -2.54. The minimum absolute atomic E-state index is 0.0264. The fraction of sp³-hybridized carbons (Fsp3) is 0.629. The first-order valence-corrected chi connectivity index (χ1v) is 18.7. The Bertz CT molecular complexity index is 1280. The van der Waals surface area contributed by atoms with Gasteiger partial charge in [-0.2, -0.15) is 0 Å². The highest BCUT2D eigenvalue weighted by Gasteiger charge is 2.42. The normalized spacial score (nSPS) is 14.7. The first kappa shape index (κ1) is 38.4. The van der Waals surface area contributed by atoms with E-state index in [-0.39, 0.29) is 41.7 Å². The van der Waals surface area contributed by atoms with Crippen LogP contribution in [-0.2, 0) is 28.2 Å². The Labute approximate surface area is 271 Å². The fourth-order valence-electron chi connectivity index (χ4n) is 4.88. The van der Waals surface area contributed by atoms with Crippen molar-refractivity contribution in [2.45, 2.75) is 123 Å². The molecule has 0 spiro atoms. The van der Waals surface area contributed by atoms with Crippen LogP contribution in [-0.4, -0.2) is 70.4 Å². The summed E-state index contributed by atoms with van der Waals surface area (Å²) in [4.78, 5) is 39.6. The molecule has 2 amide bonds. The van der Waals surface area contributed by atoms with E-state index in [9.17, 15) is 14.4 Å². The van der Waals surface area contributed by atoms with Gasteiger partial charge < -0.3 is 29.3 Å². The smallest absolute Gasteiger partial charge is 0.308 e. The molecule has 2 aromatic carbocycles. The molecule has 3 atom stereocenters. The summed E-state index contributed by atoms with van der Waals surface area (Å²) in [5.74, 6) is -0.913. The molecule has 0 fully saturated rings. The van der Waals surface area contributed by atoms with E-state index >= 15 is 0 Å². The Kier molecular flexibility index (Phi) is 13.8. The number of hydrogen-bond donors (Lipinski definition) is 2. The Morgan fingerprint density at radius 3 is 2.00 bits per heavy atom. The molecule has 0 saturated carbocycles. The van der Waals surface area contributed by atoms with Crippen molar-refractivity contribution in [2.24, 2.45) is 5.92 Å². The zero-order chi connectivity index (χ0) is 34.2. The zero-order valence-electron chi connectivity index (χ0n) is 29.4. The molecule has 45 heavy (non-hydrogen) atoms. The minimum Gasteiger partial charge on any atom is -0.460 e. The second-order valence-electron chi connectivity index (χ2n) is 14.6. The van der Waals surface area contributed by atoms with E-state index in [0.29, 0.717) is 12.0 Å². The highest BCUT2D eigenvalue weighted by molar-refractivity contribution is 6.74. The predicted octanol–water partition coefficient (Wildman–Crippen LogP) is 6.60. The standard InChI is InChI=1S/C35H56N2O7Si/c1-23(2)31(37-32(40)26-18-17-24-15-13-14-16-25(24)21-26)28(44-45(11,12)35(6,7)8)19-20-29(38)36-27(33(41-9)42-10)22-30(39)43-34(3,4)5/h13-18,21,23,27-28,31,33H,19-20,22H2,1-12H3,(H,36,38)(H,37,40). The summed E-state index contributed by atoms with van der Waals surface area (Å²) in [6, 6.07) is 12.5. The second-order valence-corrected chi connectivity index (χ2v) is 19.3. The van der Waals surface area contributed by atoms with Crippen LogP contribution < -0.4 is 10.6 Å². The van der Waals surface area contributed by atoms with E-state index < -0.39 is 38.3 Å². The summed E-state index contributed by atoms with van der Waals surface area (Å²) < 4.78 is 23.2. The van der Waals surface area contributed by atoms with Crippen LogP contribution in [0.2, 0.25) is 18.1 Å². The van der Waals surface area contributed by atoms with E-state index in [0.717, 1.165) is 10.8 Å². The maximum Gasteiger partial charge on any atom is 0.308 e. The summed E-state index contributed by atoms with van der Waals surface area (Å²) in [5, 5.41) is 8.13. The number of esters is 1. The number of methoxy groups -OCH3 is 2. The molecular formula is C35H56N2O7Si. The molecule has 2 rings (SSSR count). The van der Waals surface area contributed by atoms with Crippen LogP contribution in [0.3, 0.4) is 0 Å². The lowest BCUT2D eigenvalue weighted by molar-refractivity contribution is -0.163. The molecule has 0 aliphatic heterocycles. The molecule has 2 N–H and O–H groups in total. The van der Waals surface area contributed by atoms with Gasteiger partial charge in [-0.05, 0) is 74.1 Å². The summed E-state index contributed by atoms with van der Waals surface area (Å²) in [6.45, 7) is 20.3. The number of nitrogens with one attached hydrogen (secondary N) is 2. The van der Waals surface area contributed by atoms with Crippen LogP contribution in [0.1, 0.15) is 85.0 Å². The molecular weight excluding hydrogens is 588 g/mol. The van der Waals surface area contributed by atoms with Crippen LogP contribution in [0, 0.1) is 5.92 Å². The van der Waals surface area contributed by atoms with Gasteiger partial charge in [-0.15, -0.1) is 0 Å². The average Bonchev–Trinajstić information content (AvgIpc) is 2.92. The van der Waals surface area contributed by atoms with Crippen LogP contribution in [0.15, 0.2) is 42.5 Å². The molecule has 3 unspecified atom stereocenters. The van der Waals surface area contributed by atoms with Gasteiger partial charge in [-0.25, -0.2) is 0 Å². The third kappa shape index (κ3) is 11.8. The molecule has 2 aromatic rings. The number of fused-ring (bicyclic) bond motifs is 1. The van der Waals surface area contributed by atoms with Crippen molar-refractivity contribution in [3.8, 4) is 0 Å². The summed E-state index contributed by atoms with van der Waals surface area (Å²) in [7, 11) is 0.605. The number of benzene rings is 2. The molecule has 0 aliphatic carbocycles. The Morgan fingerprint density at radius 2 is 1.47 bits per heavy atom. The Hall–Kier alpha value is -2.79. The highest BCUT2D eigenvalue weighted by Crippen LogP contribution is 2.38. The van der Waals surface area contributed by atoms with Gasteiger partial charge in [-0.1, -0.05) is 65.0 Å². The molecule has 0 radical (unpaired) electrons. The van der Waals surface area contributed by atoms with E-state index in [1.54, 1.807) is 20.8 Å². The lowest BCUT2D eigenvalue weighted by atomic mass is 9.94. The Balaban J connectivity index is 2.29. The SMILES string of the molecule is COC(OC)C(CC(=O)OC(C)(C)C)NC(=O)CCC(O[Si](C)(C)C(C)(C)C)C(NC(=O)c1ccc2ccccc2c1)C(C)C. The number of hydrogen-bond acceptors (Lipinski definition) is 7. The average molecular weight is 645 g/mol. The zero-order valence-corrected chi connectivity index (χ0v) is 30.4. The molecule has 9 nitrogen and oxygen atoms in total. The molecule has 0 aromatic heterocycles. The van der Waals surface area contributed by atoms with Gasteiger partial charge in [0, 0.05) is 26.2 Å². The largest absolute Gasteiger partial charge is 0.460 e. The third-order valence-corrected chi connectivity index (χ3v) is 12.8. The summed E-state index contributed by atoms with van der Waals surface area (Å²) in [6.07, 6.45) is -0.908. The molecule has 0 saturated heterocycles. The summed E-state index contributed by atoms with van der Waals surface area (Å²) in [5.41, 5.74) is -0.100. The predicted molar refractivity (Wildman–Crippen MR) is 182 cm³/mol. The van der Waals surface area contributed by atoms with Crippen LogP contribution in [0.25, 0.3) is 10.8 Å². The van der Waals surface area contributed by atoms with Gasteiger partial charge >= 0.3 is 5.97 Å². The van der Waals surface area contributed by atoms with Crippen molar-refractivity contribution in [1.82, 2.24) is 10.6 Å². The Morgan fingerprint density at radius 1 is 0.867 bits per heavy atom. The van der Waals surface area contributed by atoms with Crippen LogP contribution in [0.5, 0.6) is 0 Å². The molecule has 252 valence electrons.